The van der Waals surface area contributed by atoms with Crippen LogP contribution in [0.25, 0.3) is 0 Å². The molecule has 0 unspecified atom stereocenters. The fraction of sp³-hybridized carbons (Fsp3) is 0.556. The second kappa shape index (κ2) is 5.49. The Morgan fingerprint density at radius 2 is 1.84 bits per heavy atom. The summed E-state index contributed by atoms with van der Waals surface area (Å²) in [5, 5.41) is 24.6. The molecule has 0 spiro atoms. The molecule has 6 rings (SSSR count). The van der Waals surface area contributed by atoms with Gasteiger partial charge in [0.2, 0.25) is 5.13 Å². The quantitative estimate of drug-likeness (QED) is 0.677. The van der Waals surface area contributed by atoms with Crippen molar-refractivity contribution in [1.29, 1.82) is 0 Å². The number of hydrogen-bond donors (Lipinski definition) is 1. The van der Waals surface area contributed by atoms with Crippen molar-refractivity contribution in [3.8, 4) is 0 Å². The summed E-state index contributed by atoms with van der Waals surface area (Å²) in [7, 11) is 0. The fourth-order valence-electron chi connectivity index (χ4n) is 5.63. The molecule has 4 fully saturated rings. The maximum Gasteiger partial charge on any atom is 0.323 e. The van der Waals surface area contributed by atoms with Gasteiger partial charge in [-0.2, -0.15) is 4.73 Å². The molecule has 4 aliphatic rings. The summed E-state index contributed by atoms with van der Waals surface area (Å²) in [6.07, 6.45) is 9.15. The van der Waals surface area contributed by atoms with Crippen molar-refractivity contribution in [2.45, 2.75) is 43.9 Å². The minimum Gasteiger partial charge on any atom is -0.618 e. The van der Waals surface area contributed by atoms with E-state index in [1.165, 1.54) is 62.1 Å². The van der Waals surface area contributed by atoms with Gasteiger partial charge in [0.05, 0.1) is 0 Å². The highest BCUT2D eigenvalue weighted by Gasteiger charge is 2.53. The lowest BCUT2D eigenvalue weighted by molar-refractivity contribution is -0.607. The van der Waals surface area contributed by atoms with Crippen molar-refractivity contribution in [2.24, 2.45) is 17.8 Å². The van der Waals surface area contributed by atoms with Crippen molar-refractivity contribution < 1.29 is 9.52 Å². The maximum absolute atomic E-state index is 12.3. The average Bonchev–Trinajstić information content (AvgIpc) is 3.03. The summed E-state index contributed by atoms with van der Waals surface area (Å²) in [5.74, 6) is 2.09. The van der Waals surface area contributed by atoms with Crippen LogP contribution in [0.1, 0.15) is 54.0 Å². The monoisotopic (exact) mass is 356 g/mol. The van der Waals surface area contributed by atoms with Crippen LogP contribution in [0.4, 0.5) is 5.13 Å². The molecule has 0 atom stereocenters. The first-order valence-corrected chi connectivity index (χ1v) is 9.76. The van der Waals surface area contributed by atoms with Crippen LogP contribution in [0.5, 0.6) is 0 Å². The fourth-order valence-corrected chi connectivity index (χ4v) is 6.58. The highest BCUT2D eigenvalue weighted by atomic mass is 32.1. The highest BCUT2D eigenvalue weighted by Crippen LogP contribution is 2.61. The Morgan fingerprint density at radius 1 is 1.16 bits per heavy atom. The van der Waals surface area contributed by atoms with E-state index < -0.39 is 5.91 Å². The van der Waals surface area contributed by atoms with Crippen LogP contribution in [0, 0.1) is 23.0 Å². The smallest absolute Gasteiger partial charge is 0.323 e. The van der Waals surface area contributed by atoms with Crippen LogP contribution in [0.3, 0.4) is 0 Å². The van der Waals surface area contributed by atoms with Gasteiger partial charge in [0.1, 0.15) is 5.01 Å². The molecular weight excluding hydrogens is 336 g/mol. The third-order valence-electron chi connectivity index (χ3n) is 6.19. The first-order chi connectivity index (χ1) is 12.1. The molecule has 4 bridgehead atoms. The zero-order valence-electron chi connectivity index (χ0n) is 13.9. The number of carbonyl (C=O) groups is 1. The number of aromatic nitrogens is 3. The molecule has 130 valence electrons. The van der Waals surface area contributed by atoms with E-state index in [2.05, 4.69) is 15.5 Å². The minimum atomic E-state index is -0.441. The summed E-state index contributed by atoms with van der Waals surface area (Å²) in [6, 6.07) is 4.77. The number of rotatable bonds is 3. The number of pyridine rings is 1. The van der Waals surface area contributed by atoms with Gasteiger partial charge in [-0.15, -0.1) is 10.2 Å². The van der Waals surface area contributed by atoms with Gasteiger partial charge in [-0.25, -0.2) is 0 Å². The van der Waals surface area contributed by atoms with Gasteiger partial charge in [0, 0.05) is 17.5 Å². The molecule has 1 amide bonds. The number of hydrogen-bond acceptors (Lipinski definition) is 5. The van der Waals surface area contributed by atoms with Crippen molar-refractivity contribution in [1.82, 2.24) is 10.2 Å². The van der Waals surface area contributed by atoms with Crippen molar-refractivity contribution >= 4 is 22.4 Å². The van der Waals surface area contributed by atoms with Gasteiger partial charge in [-0.1, -0.05) is 11.3 Å². The highest BCUT2D eigenvalue weighted by molar-refractivity contribution is 7.15. The molecular formula is C18H20N4O2S. The third-order valence-corrected chi connectivity index (χ3v) is 7.28. The van der Waals surface area contributed by atoms with Crippen molar-refractivity contribution in [3.05, 3.63) is 40.3 Å². The molecule has 25 heavy (non-hydrogen) atoms. The first-order valence-electron chi connectivity index (χ1n) is 8.95. The zero-order chi connectivity index (χ0) is 17.0. The molecule has 0 saturated heterocycles. The standard InChI is InChI=1S/C18H20N4O2S/c23-15(14-3-1-2-4-22(14)24)19-17-21-20-16(25-17)18-8-11-5-12(9-18)7-13(6-11)10-18/h1-4,11-13H,5-10H2,(H,19,21,23). The Hall–Kier alpha value is -2.02. The number of amides is 1. The SMILES string of the molecule is O=C(Nc1nnc(C23CC4CC(CC(C4)C2)C3)s1)c1cccc[n+]1[O-]. The van der Waals surface area contributed by atoms with E-state index in [0.717, 1.165) is 22.8 Å². The predicted molar refractivity (Wildman–Crippen MR) is 93.1 cm³/mol. The van der Waals surface area contributed by atoms with Crippen LogP contribution in [-0.2, 0) is 5.41 Å². The first kappa shape index (κ1) is 15.3. The Balaban J connectivity index is 1.38. The normalized spacial score (nSPS) is 32.7. The lowest BCUT2D eigenvalue weighted by Crippen LogP contribution is -2.48. The van der Waals surface area contributed by atoms with Gasteiger partial charge < -0.3 is 5.21 Å². The second-order valence-corrected chi connectivity index (χ2v) is 8.95. The third kappa shape index (κ3) is 2.52. The van der Waals surface area contributed by atoms with E-state index >= 15 is 0 Å². The van der Waals surface area contributed by atoms with Crippen molar-refractivity contribution in [2.75, 3.05) is 5.32 Å². The summed E-state index contributed by atoms with van der Waals surface area (Å²) in [4.78, 5) is 12.3. The topological polar surface area (TPSA) is 81.8 Å². The molecule has 7 heteroatoms. The Morgan fingerprint density at radius 3 is 2.48 bits per heavy atom. The second-order valence-electron chi connectivity index (χ2n) is 7.98. The molecule has 0 aliphatic heterocycles. The lowest BCUT2D eigenvalue weighted by Gasteiger charge is -2.55. The van der Waals surface area contributed by atoms with Crippen molar-refractivity contribution in [3.63, 3.8) is 0 Å². The van der Waals surface area contributed by atoms with E-state index in [0.29, 0.717) is 9.86 Å². The Bertz CT molecular complexity index is 799. The van der Waals surface area contributed by atoms with E-state index in [1.807, 2.05) is 0 Å². The van der Waals surface area contributed by atoms with Crippen LogP contribution >= 0.6 is 11.3 Å². The molecule has 2 aromatic heterocycles. The molecule has 4 aliphatic carbocycles. The molecule has 1 N–H and O–H groups in total. The number of nitrogens with one attached hydrogen (secondary N) is 1. The summed E-state index contributed by atoms with van der Waals surface area (Å²) in [6.45, 7) is 0. The van der Waals surface area contributed by atoms with Gasteiger partial charge in [-0.05, 0) is 62.3 Å². The molecule has 6 nitrogen and oxygen atoms in total. The number of nitrogens with zero attached hydrogens (tertiary/aromatic N) is 3. The van der Waals surface area contributed by atoms with E-state index in [1.54, 1.807) is 12.1 Å². The summed E-state index contributed by atoms with van der Waals surface area (Å²) >= 11 is 1.48. The minimum absolute atomic E-state index is 0.0639. The lowest BCUT2D eigenvalue weighted by atomic mass is 9.50. The molecule has 2 aromatic rings. The summed E-state index contributed by atoms with van der Waals surface area (Å²) in [5.41, 5.74) is 0.245. The van der Waals surface area contributed by atoms with Gasteiger partial charge in [-0.3, -0.25) is 10.1 Å². The van der Waals surface area contributed by atoms with E-state index in [4.69, 9.17) is 0 Å². The van der Waals surface area contributed by atoms with E-state index in [-0.39, 0.29) is 11.1 Å². The largest absolute Gasteiger partial charge is 0.618 e. The van der Waals surface area contributed by atoms with Crippen LogP contribution < -0.4 is 10.0 Å². The number of carbonyl (C=O) groups excluding carboxylic acids is 1. The van der Waals surface area contributed by atoms with Crippen LogP contribution in [0.15, 0.2) is 24.4 Å². The number of anilines is 1. The zero-order valence-corrected chi connectivity index (χ0v) is 14.7. The molecule has 0 aromatic carbocycles. The average molecular weight is 356 g/mol. The van der Waals surface area contributed by atoms with Gasteiger partial charge in [0.25, 0.3) is 5.69 Å². The summed E-state index contributed by atoms with van der Waals surface area (Å²) < 4.78 is 0.566. The van der Waals surface area contributed by atoms with Gasteiger partial charge in [0.15, 0.2) is 6.20 Å². The van der Waals surface area contributed by atoms with E-state index in [9.17, 15) is 10.0 Å². The Labute approximate surface area is 149 Å². The molecule has 0 radical (unpaired) electrons. The van der Waals surface area contributed by atoms with Gasteiger partial charge >= 0.3 is 5.91 Å². The Kier molecular flexibility index (Phi) is 3.35. The van der Waals surface area contributed by atoms with Crippen LogP contribution in [0.2, 0.25) is 0 Å². The molecule has 4 saturated carbocycles. The predicted octanol–water partition coefficient (Wildman–Crippen LogP) is 2.89. The maximum atomic E-state index is 12.3. The van der Waals surface area contributed by atoms with Crippen LogP contribution in [-0.4, -0.2) is 16.1 Å². The molecule has 2 heterocycles.